The molecule has 0 aliphatic carbocycles. The lowest BCUT2D eigenvalue weighted by atomic mass is 10.0. The fourth-order valence-corrected chi connectivity index (χ4v) is 1.97. The number of hydrogen-bond donors (Lipinski definition) is 3. The number of aryl methyl sites for hydroxylation is 1. The molecule has 0 aliphatic rings. The molecule has 20 heavy (non-hydrogen) atoms. The van der Waals surface area contributed by atoms with Crippen molar-refractivity contribution in [1.29, 1.82) is 0 Å². The molecular formula is C15H24N2O3. The summed E-state index contributed by atoms with van der Waals surface area (Å²) in [6, 6.07) is 4.38. The van der Waals surface area contributed by atoms with E-state index in [-0.39, 0.29) is 11.8 Å². The van der Waals surface area contributed by atoms with Gasteiger partial charge in [-0.3, -0.25) is 0 Å². The molecule has 2 amide bonds. The number of urea groups is 1. The minimum Gasteiger partial charge on any atom is -0.508 e. The molecule has 1 aromatic rings. The fourth-order valence-electron chi connectivity index (χ4n) is 1.97. The van der Waals surface area contributed by atoms with E-state index in [2.05, 4.69) is 5.32 Å². The first kappa shape index (κ1) is 16.3. The summed E-state index contributed by atoms with van der Waals surface area (Å²) in [7, 11) is 0. The number of carbonyl (C=O) groups excluding carboxylic acids is 1. The summed E-state index contributed by atoms with van der Waals surface area (Å²) in [6.45, 7) is 8.58. The van der Waals surface area contributed by atoms with E-state index in [1.54, 1.807) is 30.9 Å². The highest BCUT2D eigenvalue weighted by molar-refractivity contribution is 5.74. The van der Waals surface area contributed by atoms with Crippen LogP contribution in [-0.4, -0.2) is 40.3 Å². The number of aromatic hydroxyl groups is 1. The molecule has 0 bridgehead atoms. The summed E-state index contributed by atoms with van der Waals surface area (Å²) in [6.07, 6.45) is -0.860. The number of carbonyl (C=O) groups is 1. The van der Waals surface area contributed by atoms with Crippen LogP contribution in [0.2, 0.25) is 0 Å². The first-order valence-corrected chi connectivity index (χ1v) is 6.93. The molecule has 2 unspecified atom stereocenters. The molecule has 0 saturated heterocycles. The number of nitrogens with one attached hydrogen (secondary N) is 1. The molecule has 1 aromatic carbocycles. The van der Waals surface area contributed by atoms with E-state index in [0.29, 0.717) is 18.7 Å². The summed E-state index contributed by atoms with van der Waals surface area (Å²) in [4.78, 5) is 13.6. The van der Waals surface area contributed by atoms with Crippen LogP contribution in [0.3, 0.4) is 0 Å². The maximum Gasteiger partial charge on any atom is 0.317 e. The van der Waals surface area contributed by atoms with Gasteiger partial charge in [0.25, 0.3) is 0 Å². The molecule has 1 rings (SSSR count). The summed E-state index contributed by atoms with van der Waals surface area (Å²) < 4.78 is 0. The average Bonchev–Trinajstić information content (AvgIpc) is 2.42. The van der Waals surface area contributed by atoms with Gasteiger partial charge in [-0.15, -0.1) is 0 Å². The Morgan fingerprint density at radius 1 is 1.35 bits per heavy atom. The van der Waals surface area contributed by atoms with Gasteiger partial charge in [0.2, 0.25) is 0 Å². The molecule has 112 valence electrons. The van der Waals surface area contributed by atoms with Crippen molar-refractivity contribution < 1.29 is 15.0 Å². The maximum atomic E-state index is 11.9. The highest BCUT2D eigenvalue weighted by atomic mass is 16.3. The first-order valence-electron chi connectivity index (χ1n) is 6.93. The topological polar surface area (TPSA) is 72.8 Å². The Bertz CT molecular complexity index is 458. The SMILES string of the molecule is CCN(CC)C(=O)NC(C)C(O)c1ccc(C)c(O)c1. The van der Waals surface area contributed by atoms with Gasteiger partial charge in [-0.2, -0.15) is 0 Å². The molecular weight excluding hydrogens is 256 g/mol. The predicted molar refractivity (Wildman–Crippen MR) is 78.7 cm³/mol. The largest absolute Gasteiger partial charge is 0.508 e. The van der Waals surface area contributed by atoms with Crippen LogP contribution in [-0.2, 0) is 0 Å². The molecule has 0 aliphatic heterocycles. The van der Waals surface area contributed by atoms with Crippen molar-refractivity contribution in [2.45, 2.75) is 39.8 Å². The Labute approximate surface area is 120 Å². The van der Waals surface area contributed by atoms with E-state index in [1.165, 1.54) is 6.07 Å². The second-order valence-electron chi connectivity index (χ2n) is 4.90. The predicted octanol–water partition coefficient (Wildman–Crippen LogP) is 2.17. The van der Waals surface area contributed by atoms with Gasteiger partial charge in [0.05, 0.1) is 12.1 Å². The Hall–Kier alpha value is -1.75. The maximum absolute atomic E-state index is 11.9. The van der Waals surface area contributed by atoms with Gasteiger partial charge in [-0.25, -0.2) is 4.79 Å². The lowest BCUT2D eigenvalue weighted by Crippen LogP contribution is -2.45. The highest BCUT2D eigenvalue weighted by Crippen LogP contribution is 2.24. The molecule has 5 heteroatoms. The van der Waals surface area contributed by atoms with Gasteiger partial charge >= 0.3 is 6.03 Å². The molecule has 2 atom stereocenters. The third-order valence-corrected chi connectivity index (χ3v) is 3.45. The molecule has 0 aromatic heterocycles. The normalized spacial score (nSPS) is 13.7. The van der Waals surface area contributed by atoms with Crippen LogP contribution >= 0.6 is 0 Å². The number of phenolic OH excluding ortho intramolecular Hbond substituents is 1. The molecule has 0 spiro atoms. The van der Waals surface area contributed by atoms with Crippen LogP contribution in [0.4, 0.5) is 4.79 Å². The zero-order chi connectivity index (χ0) is 15.3. The lowest BCUT2D eigenvalue weighted by molar-refractivity contribution is 0.130. The van der Waals surface area contributed by atoms with Crippen molar-refractivity contribution >= 4 is 6.03 Å². The Balaban J connectivity index is 2.73. The number of nitrogens with zero attached hydrogens (tertiary/aromatic N) is 1. The summed E-state index contributed by atoms with van der Waals surface area (Å²) in [5.74, 6) is 0.142. The number of phenols is 1. The number of aliphatic hydroxyl groups excluding tert-OH is 1. The van der Waals surface area contributed by atoms with Crippen molar-refractivity contribution in [2.75, 3.05) is 13.1 Å². The van der Waals surface area contributed by atoms with Crippen molar-refractivity contribution in [3.63, 3.8) is 0 Å². The van der Waals surface area contributed by atoms with Crippen LogP contribution < -0.4 is 5.32 Å². The van der Waals surface area contributed by atoms with Gasteiger partial charge in [0.15, 0.2) is 0 Å². The van der Waals surface area contributed by atoms with Gasteiger partial charge in [-0.05, 0) is 44.9 Å². The van der Waals surface area contributed by atoms with Crippen LogP contribution in [0.15, 0.2) is 18.2 Å². The Morgan fingerprint density at radius 2 is 1.95 bits per heavy atom. The molecule has 5 nitrogen and oxygen atoms in total. The molecule has 0 fully saturated rings. The minimum atomic E-state index is -0.860. The van der Waals surface area contributed by atoms with Crippen molar-refractivity contribution in [2.24, 2.45) is 0 Å². The number of aliphatic hydroxyl groups is 1. The average molecular weight is 280 g/mol. The van der Waals surface area contributed by atoms with Crippen LogP contribution in [0.25, 0.3) is 0 Å². The van der Waals surface area contributed by atoms with Crippen molar-refractivity contribution in [1.82, 2.24) is 10.2 Å². The Kier molecular flexibility index (Phi) is 5.82. The number of benzene rings is 1. The van der Waals surface area contributed by atoms with E-state index in [4.69, 9.17) is 0 Å². The lowest BCUT2D eigenvalue weighted by Gasteiger charge is -2.25. The third-order valence-electron chi connectivity index (χ3n) is 3.45. The van der Waals surface area contributed by atoms with Crippen LogP contribution in [0.1, 0.15) is 38.0 Å². The van der Waals surface area contributed by atoms with E-state index < -0.39 is 12.1 Å². The van der Waals surface area contributed by atoms with E-state index in [1.807, 2.05) is 13.8 Å². The first-order chi connectivity index (χ1) is 9.40. The van der Waals surface area contributed by atoms with E-state index in [0.717, 1.165) is 5.56 Å². The van der Waals surface area contributed by atoms with E-state index in [9.17, 15) is 15.0 Å². The number of rotatable bonds is 5. The van der Waals surface area contributed by atoms with Crippen LogP contribution in [0, 0.1) is 6.92 Å². The fraction of sp³-hybridized carbons (Fsp3) is 0.533. The minimum absolute atomic E-state index is 0.142. The standard InChI is InChI=1S/C15H24N2O3/c1-5-17(6-2)15(20)16-11(4)14(19)12-8-7-10(3)13(18)9-12/h7-9,11,14,18-19H,5-6H2,1-4H3,(H,16,20). The second-order valence-corrected chi connectivity index (χ2v) is 4.90. The zero-order valence-corrected chi connectivity index (χ0v) is 12.6. The summed E-state index contributed by atoms with van der Waals surface area (Å²) in [5.41, 5.74) is 1.33. The van der Waals surface area contributed by atoms with Gasteiger partial charge in [0, 0.05) is 13.1 Å². The molecule has 0 radical (unpaired) electrons. The Morgan fingerprint density at radius 3 is 2.45 bits per heavy atom. The molecule has 3 N–H and O–H groups in total. The molecule has 0 heterocycles. The number of amides is 2. The van der Waals surface area contributed by atoms with Gasteiger partial charge in [0.1, 0.15) is 5.75 Å². The monoisotopic (exact) mass is 280 g/mol. The van der Waals surface area contributed by atoms with Crippen molar-refractivity contribution in [3.05, 3.63) is 29.3 Å². The van der Waals surface area contributed by atoms with Gasteiger partial charge in [-0.1, -0.05) is 12.1 Å². The van der Waals surface area contributed by atoms with Gasteiger partial charge < -0.3 is 20.4 Å². The number of hydrogen-bond acceptors (Lipinski definition) is 3. The molecule has 0 saturated carbocycles. The van der Waals surface area contributed by atoms with E-state index >= 15 is 0 Å². The third kappa shape index (κ3) is 3.87. The van der Waals surface area contributed by atoms with Crippen LogP contribution in [0.5, 0.6) is 5.75 Å². The summed E-state index contributed by atoms with van der Waals surface area (Å²) >= 11 is 0. The second kappa shape index (κ2) is 7.14. The smallest absolute Gasteiger partial charge is 0.317 e. The summed E-state index contributed by atoms with van der Waals surface area (Å²) in [5, 5.41) is 22.7. The van der Waals surface area contributed by atoms with Crippen molar-refractivity contribution in [3.8, 4) is 5.75 Å². The zero-order valence-electron chi connectivity index (χ0n) is 12.6. The quantitative estimate of drug-likeness (QED) is 0.774. The highest BCUT2D eigenvalue weighted by Gasteiger charge is 2.20.